The molecule has 0 bridgehead atoms. The Hall–Kier alpha value is -1.51. The topological polar surface area (TPSA) is 38.3 Å². The molecule has 1 radical (unpaired) electrons. The SMILES string of the molecule is COc1cccc2c1NC(=O)[CH]C2. The maximum absolute atomic E-state index is 11.1. The van der Waals surface area contributed by atoms with Crippen LogP contribution in [0.3, 0.4) is 0 Å². The zero-order valence-electron chi connectivity index (χ0n) is 7.33. The largest absolute Gasteiger partial charge is 0.495 e. The number of hydrogen-bond acceptors (Lipinski definition) is 2. The van der Waals surface area contributed by atoms with Gasteiger partial charge in [0.25, 0.3) is 0 Å². The summed E-state index contributed by atoms with van der Waals surface area (Å²) in [5, 5.41) is 2.76. The second-order valence-electron chi connectivity index (χ2n) is 2.89. The molecular formula is C10H10NO2. The Bertz CT molecular complexity index is 333. The van der Waals surface area contributed by atoms with Crippen LogP contribution in [0.2, 0.25) is 0 Å². The van der Waals surface area contributed by atoms with E-state index >= 15 is 0 Å². The van der Waals surface area contributed by atoms with Gasteiger partial charge in [0.05, 0.1) is 19.2 Å². The highest BCUT2D eigenvalue weighted by Gasteiger charge is 2.17. The van der Waals surface area contributed by atoms with Gasteiger partial charge in [-0.3, -0.25) is 4.79 Å². The molecule has 1 aliphatic heterocycles. The van der Waals surface area contributed by atoms with Gasteiger partial charge in [-0.25, -0.2) is 0 Å². The molecule has 0 saturated heterocycles. The summed E-state index contributed by atoms with van der Waals surface area (Å²) >= 11 is 0. The molecule has 0 aromatic heterocycles. The van der Waals surface area contributed by atoms with Crippen LogP contribution in [0.5, 0.6) is 5.75 Å². The van der Waals surface area contributed by atoms with Crippen LogP contribution in [0.1, 0.15) is 5.56 Å². The Morgan fingerprint density at radius 1 is 1.46 bits per heavy atom. The van der Waals surface area contributed by atoms with Crippen molar-refractivity contribution in [2.24, 2.45) is 0 Å². The molecule has 1 aromatic rings. The molecule has 3 nitrogen and oxygen atoms in total. The number of nitrogens with one attached hydrogen (secondary N) is 1. The molecule has 1 aromatic carbocycles. The van der Waals surface area contributed by atoms with E-state index in [4.69, 9.17) is 4.74 Å². The Morgan fingerprint density at radius 2 is 2.31 bits per heavy atom. The first-order chi connectivity index (χ1) is 6.31. The summed E-state index contributed by atoms with van der Waals surface area (Å²) in [6.45, 7) is 0. The summed E-state index contributed by atoms with van der Waals surface area (Å²) in [7, 11) is 1.60. The van der Waals surface area contributed by atoms with Gasteiger partial charge in [-0.15, -0.1) is 0 Å². The lowest BCUT2D eigenvalue weighted by Crippen LogP contribution is -2.20. The Balaban J connectivity index is 2.46. The number of anilines is 1. The zero-order valence-corrected chi connectivity index (χ0v) is 7.33. The maximum atomic E-state index is 11.1. The molecule has 13 heavy (non-hydrogen) atoms. The molecule has 1 heterocycles. The van der Waals surface area contributed by atoms with Crippen molar-refractivity contribution in [2.45, 2.75) is 6.42 Å². The van der Waals surface area contributed by atoms with Crippen molar-refractivity contribution in [3.05, 3.63) is 30.2 Å². The van der Waals surface area contributed by atoms with E-state index in [1.165, 1.54) is 0 Å². The van der Waals surface area contributed by atoms with Gasteiger partial charge >= 0.3 is 0 Å². The minimum atomic E-state index is -0.0583. The Kier molecular flexibility index (Phi) is 1.93. The van der Waals surface area contributed by atoms with Crippen LogP contribution < -0.4 is 10.1 Å². The number of methoxy groups -OCH3 is 1. The van der Waals surface area contributed by atoms with Gasteiger partial charge < -0.3 is 10.1 Å². The molecule has 2 rings (SSSR count). The van der Waals surface area contributed by atoms with E-state index in [-0.39, 0.29) is 5.91 Å². The smallest absolute Gasteiger partial charge is 0.228 e. The van der Waals surface area contributed by atoms with E-state index in [2.05, 4.69) is 5.32 Å². The molecule has 0 spiro atoms. The molecule has 3 heteroatoms. The van der Waals surface area contributed by atoms with E-state index in [0.717, 1.165) is 17.0 Å². The number of ether oxygens (including phenoxy) is 1. The van der Waals surface area contributed by atoms with Gasteiger partial charge in [0.2, 0.25) is 5.91 Å². The van der Waals surface area contributed by atoms with Crippen LogP contribution in [-0.4, -0.2) is 13.0 Å². The number of carbonyl (C=O) groups excluding carboxylic acids is 1. The molecular weight excluding hydrogens is 166 g/mol. The van der Waals surface area contributed by atoms with E-state index in [9.17, 15) is 4.79 Å². The van der Waals surface area contributed by atoms with Gasteiger partial charge in [0.1, 0.15) is 5.75 Å². The number of fused-ring (bicyclic) bond motifs is 1. The van der Waals surface area contributed by atoms with E-state index < -0.39 is 0 Å². The first-order valence-electron chi connectivity index (χ1n) is 4.11. The minimum Gasteiger partial charge on any atom is -0.495 e. The van der Waals surface area contributed by atoms with Crippen LogP contribution >= 0.6 is 0 Å². The lowest BCUT2D eigenvalue weighted by atomic mass is 10.0. The highest BCUT2D eigenvalue weighted by atomic mass is 16.5. The van der Waals surface area contributed by atoms with Gasteiger partial charge in [-0.1, -0.05) is 12.1 Å². The van der Waals surface area contributed by atoms with Gasteiger partial charge in [-0.05, 0) is 18.1 Å². The fraction of sp³-hybridized carbons (Fsp3) is 0.200. The summed E-state index contributed by atoms with van der Waals surface area (Å²) in [5.74, 6) is 0.663. The van der Waals surface area contributed by atoms with Crippen molar-refractivity contribution in [3.63, 3.8) is 0 Å². The Morgan fingerprint density at radius 3 is 3.08 bits per heavy atom. The standard InChI is InChI=1S/C10H10NO2/c1-13-8-4-2-3-7-5-6-9(12)11-10(7)8/h2-4,6H,5H2,1H3,(H,11,12). The van der Waals surface area contributed by atoms with Crippen molar-refractivity contribution < 1.29 is 9.53 Å². The second-order valence-corrected chi connectivity index (χ2v) is 2.89. The molecule has 1 amide bonds. The number of hydrogen-bond donors (Lipinski definition) is 1. The lowest BCUT2D eigenvalue weighted by molar-refractivity contribution is -0.113. The average Bonchev–Trinajstić information content (AvgIpc) is 2.17. The highest BCUT2D eigenvalue weighted by Crippen LogP contribution is 2.31. The third kappa shape index (κ3) is 1.37. The van der Waals surface area contributed by atoms with Crippen molar-refractivity contribution in [1.29, 1.82) is 0 Å². The number of rotatable bonds is 1. The van der Waals surface area contributed by atoms with Gasteiger partial charge in [-0.2, -0.15) is 0 Å². The Labute approximate surface area is 76.7 Å². The lowest BCUT2D eigenvalue weighted by Gasteiger charge is -2.18. The zero-order chi connectivity index (χ0) is 9.26. The van der Waals surface area contributed by atoms with Crippen LogP contribution in [-0.2, 0) is 11.2 Å². The number of carbonyl (C=O) groups is 1. The summed E-state index contributed by atoms with van der Waals surface area (Å²) in [6.07, 6.45) is 2.31. The van der Waals surface area contributed by atoms with Crippen molar-refractivity contribution in [2.75, 3.05) is 12.4 Å². The molecule has 0 unspecified atom stereocenters. The van der Waals surface area contributed by atoms with E-state index in [1.54, 1.807) is 13.5 Å². The highest BCUT2D eigenvalue weighted by molar-refractivity contribution is 6.01. The fourth-order valence-electron chi connectivity index (χ4n) is 1.44. The molecule has 67 valence electrons. The third-order valence-corrected chi connectivity index (χ3v) is 2.09. The second kappa shape index (κ2) is 3.09. The summed E-state index contributed by atoms with van der Waals surface area (Å²) < 4.78 is 5.13. The monoisotopic (exact) mass is 176 g/mol. The molecule has 0 atom stereocenters. The van der Waals surface area contributed by atoms with Crippen LogP contribution in [0.15, 0.2) is 18.2 Å². The van der Waals surface area contributed by atoms with Crippen LogP contribution in [0, 0.1) is 6.42 Å². The van der Waals surface area contributed by atoms with Gasteiger partial charge in [0, 0.05) is 0 Å². The predicted molar refractivity (Wildman–Crippen MR) is 49.6 cm³/mol. The van der Waals surface area contributed by atoms with Crippen LogP contribution in [0.4, 0.5) is 5.69 Å². The van der Waals surface area contributed by atoms with Crippen molar-refractivity contribution in [1.82, 2.24) is 0 Å². The molecule has 1 N–H and O–H groups in total. The summed E-state index contributed by atoms with van der Waals surface area (Å²) in [5.41, 5.74) is 1.90. The van der Waals surface area contributed by atoms with Crippen molar-refractivity contribution in [3.8, 4) is 5.75 Å². The molecule has 1 aliphatic rings. The maximum Gasteiger partial charge on any atom is 0.228 e. The normalized spacial score (nSPS) is 14.7. The predicted octanol–water partition coefficient (Wildman–Crippen LogP) is 1.39. The first kappa shape index (κ1) is 8.10. The number of amides is 1. The minimum absolute atomic E-state index is 0.0583. The fourth-order valence-corrected chi connectivity index (χ4v) is 1.44. The quantitative estimate of drug-likeness (QED) is 0.702. The average molecular weight is 176 g/mol. The summed E-state index contributed by atoms with van der Waals surface area (Å²) in [6, 6.07) is 5.74. The molecule has 0 fully saturated rings. The first-order valence-corrected chi connectivity index (χ1v) is 4.11. The molecule has 0 saturated carbocycles. The summed E-state index contributed by atoms with van der Waals surface area (Å²) in [4.78, 5) is 11.1. The van der Waals surface area contributed by atoms with Gasteiger partial charge in [0.15, 0.2) is 0 Å². The van der Waals surface area contributed by atoms with E-state index in [1.807, 2.05) is 18.2 Å². The van der Waals surface area contributed by atoms with E-state index in [0.29, 0.717) is 6.42 Å². The van der Waals surface area contributed by atoms with Crippen LogP contribution in [0.25, 0.3) is 0 Å². The third-order valence-electron chi connectivity index (χ3n) is 2.09. The number of para-hydroxylation sites is 1. The van der Waals surface area contributed by atoms with Crippen molar-refractivity contribution >= 4 is 11.6 Å². The number of benzene rings is 1. The molecule has 0 aliphatic carbocycles.